The van der Waals surface area contributed by atoms with E-state index in [4.69, 9.17) is 4.74 Å². The largest absolute Gasteiger partial charge is 0.378 e. The number of benzene rings is 2. The Morgan fingerprint density at radius 3 is 1.96 bits per heavy atom. The Balaban J connectivity index is 2.21. The molecule has 24 heavy (non-hydrogen) atoms. The molecular formula is C21H25N2O+. The highest BCUT2D eigenvalue weighted by atomic mass is 16.5. The molecule has 0 N–H and O–H groups in total. The van der Waals surface area contributed by atoms with Crippen molar-refractivity contribution < 1.29 is 9.31 Å². The van der Waals surface area contributed by atoms with Crippen molar-refractivity contribution in [3.05, 3.63) is 71.8 Å². The van der Waals surface area contributed by atoms with Gasteiger partial charge >= 0.3 is 0 Å². The van der Waals surface area contributed by atoms with Crippen molar-refractivity contribution in [2.45, 2.75) is 0 Å². The zero-order chi connectivity index (χ0) is 16.8. The monoisotopic (exact) mass is 321 g/mol. The van der Waals surface area contributed by atoms with Crippen LogP contribution in [-0.2, 0) is 4.74 Å². The molecule has 0 bridgehead atoms. The fraction of sp³-hybridized carbons (Fsp3) is 0.286. The molecule has 2 aromatic carbocycles. The van der Waals surface area contributed by atoms with E-state index < -0.39 is 0 Å². The maximum atomic E-state index is 5.57. The number of allylic oxidation sites excluding steroid dienone is 1. The molecule has 0 aromatic heterocycles. The van der Waals surface area contributed by atoms with E-state index in [1.165, 1.54) is 22.4 Å². The van der Waals surface area contributed by atoms with Gasteiger partial charge in [0, 0.05) is 13.1 Å². The third-order valence-electron chi connectivity index (χ3n) is 4.10. The van der Waals surface area contributed by atoms with E-state index in [-0.39, 0.29) is 0 Å². The minimum Gasteiger partial charge on any atom is -0.378 e. The summed E-state index contributed by atoms with van der Waals surface area (Å²) in [5.74, 6) is 0. The average Bonchev–Trinajstić information content (AvgIpc) is 2.63. The van der Waals surface area contributed by atoms with Crippen LogP contribution >= 0.6 is 0 Å². The van der Waals surface area contributed by atoms with Crippen molar-refractivity contribution in [1.82, 2.24) is 4.90 Å². The fourth-order valence-corrected chi connectivity index (χ4v) is 3.04. The third kappa shape index (κ3) is 3.92. The van der Waals surface area contributed by atoms with Gasteiger partial charge in [-0.2, -0.15) is 0 Å². The SMILES string of the molecule is C[N+](C)=C/C(=C(/c1ccccc1)N1CCOCC1)c1ccccc1. The first-order chi connectivity index (χ1) is 11.8. The summed E-state index contributed by atoms with van der Waals surface area (Å²) in [5, 5.41) is 0. The van der Waals surface area contributed by atoms with E-state index in [1.54, 1.807) is 0 Å². The summed E-state index contributed by atoms with van der Waals surface area (Å²) >= 11 is 0. The predicted octanol–water partition coefficient (Wildman–Crippen LogP) is 3.23. The van der Waals surface area contributed by atoms with Crippen molar-refractivity contribution in [3.63, 3.8) is 0 Å². The van der Waals surface area contributed by atoms with Crippen LogP contribution in [0.4, 0.5) is 0 Å². The van der Waals surface area contributed by atoms with Crippen molar-refractivity contribution in [3.8, 4) is 0 Å². The summed E-state index contributed by atoms with van der Waals surface area (Å²) in [6.07, 6.45) is 2.22. The number of rotatable bonds is 4. The number of morpholine rings is 1. The zero-order valence-corrected chi connectivity index (χ0v) is 14.5. The highest BCUT2D eigenvalue weighted by molar-refractivity contribution is 6.17. The standard InChI is InChI=1S/C21H25N2O/c1-22(2)17-20(18-9-5-3-6-10-18)21(19-11-7-4-8-12-19)23-13-15-24-16-14-23/h3-12,17H,13-16H2,1-2H3/q+1. The van der Waals surface area contributed by atoms with Gasteiger partial charge in [-0.15, -0.1) is 0 Å². The molecule has 3 nitrogen and oxygen atoms in total. The van der Waals surface area contributed by atoms with E-state index in [9.17, 15) is 0 Å². The lowest BCUT2D eigenvalue weighted by atomic mass is 9.98. The average molecular weight is 321 g/mol. The molecule has 0 saturated carbocycles. The molecule has 1 heterocycles. The highest BCUT2D eigenvalue weighted by Gasteiger charge is 2.21. The molecule has 0 atom stereocenters. The van der Waals surface area contributed by atoms with Crippen LogP contribution < -0.4 is 0 Å². The van der Waals surface area contributed by atoms with Gasteiger partial charge in [-0.3, -0.25) is 0 Å². The maximum absolute atomic E-state index is 5.57. The van der Waals surface area contributed by atoms with E-state index in [1.807, 2.05) is 0 Å². The number of hydrogen-bond acceptors (Lipinski definition) is 2. The van der Waals surface area contributed by atoms with Gasteiger partial charge in [-0.05, 0) is 11.1 Å². The van der Waals surface area contributed by atoms with Crippen LogP contribution in [0.25, 0.3) is 11.3 Å². The van der Waals surface area contributed by atoms with E-state index >= 15 is 0 Å². The quantitative estimate of drug-likeness (QED) is 0.488. The third-order valence-corrected chi connectivity index (χ3v) is 4.10. The minimum atomic E-state index is 0.778. The second kappa shape index (κ2) is 7.93. The smallest absolute Gasteiger partial charge is 0.172 e. The normalized spacial score (nSPS) is 15.7. The lowest BCUT2D eigenvalue weighted by Crippen LogP contribution is -2.35. The number of hydrogen-bond donors (Lipinski definition) is 0. The van der Waals surface area contributed by atoms with Gasteiger partial charge < -0.3 is 9.64 Å². The summed E-state index contributed by atoms with van der Waals surface area (Å²) in [6.45, 7) is 3.39. The minimum absolute atomic E-state index is 0.778. The molecule has 0 amide bonds. The lowest BCUT2D eigenvalue weighted by molar-refractivity contribution is -0.458. The Kier molecular flexibility index (Phi) is 5.44. The first-order valence-corrected chi connectivity index (χ1v) is 8.45. The Bertz CT molecular complexity index is 710. The zero-order valence-electron chi connectivity index (χ0n) is 14.5. The van der Waals surface area contributed by atoms with E-state index in [0.717, 1.165) is 26.3 Å². The summed E-state index contributed by atoms with van der Waals surface area (Å²) in [6, 6.07) is 21.3. The van der Waals surface area contributed by atoms with Crippen molar-refractivity contribution in [1.29, 1.82) is 0 Å². The van der Waals surface area contributed by atoms with Gasteiger partial charge in [0.05, 0.1) is 24.5 Å². The molecule has 1 aliphatic heterocycles. The lowest BCUT2D eigenvalue weighted by Gasteiger charge is -2.32. The summed E-state index contributed by atoms with van der Waals surface area (Å²) in [7, 11) is 4.15. The van der Waals surface area contributed by atoms with Gasteiger partial charge in [0.25, 0.3) is 0 Å². The molecule has 0 radical (unpaired) electrons. The Morgan fingerprint density at radius 1 is 0.875 bits per heavy atom. The van der Waals surface area contributed by atoms with Crippen molar-refractivity contribution in [2.75, 3.05) is 40.4 Å². The second-order valence-corrected chi connectivity index (χ2v) is 6.19. The molecule has 0 unspecified atom stereocenters. The Morgan fingerprint density at radius 2 is 1.42 bits per heavy atom. The van der Waals surface area contributed by atoms with Crippen LogP contribution in [0.15, 0.2) is 60.7 Å². The molecule has 2 aromatic rings. The summed E-state index contributed by atoms with van der Waals surface area (Å²) in [4.78, 5) is 2.45. The molecule has 1 aliphatic rings. The van der Waals surface area contributed by atoms with Crippen molar-refractivity contribution >= 4 is 17.5 Å². The van der Waals surface area contributed by atoms with Crippen molar-refractivity contribution in [2.24, 2.45) is 0 Å². The van der Waals surface area contributed by atoms with Gasteiger partial charge in [0.15, 0.2) is 6.21 Å². The summed E-state index contributed by atoms with van der Waals surface area (Å²) < 4.78 is 7.68. The highest BCUT2D eigenvalue weighted by Crippen LogP contribution is 2.29. The van der Waals surface area contributed by atoms with Crippen LogP contribution in [-0.4, -0.2) is 56.1 Å². The molecule has 0 aliphatic carbocycles. The molecule has 1 saturated heterocycles. The molecule has 3 heteroatoms. The Hall–Kier alpha value is -2.39. The molecule has 0 spiro atoms. The predicted molar refractivity (Wildman–Crippen MR) is 100 cm³/mol. The van der Waals surface area contributed by atoms with Gasteiger partial charge in [-0.1, -0.05) is 60.7 Å². The topological polar surface area (TPSA) is 15.5 Å². The van der Waals surface area contributed by atoms with E-state index in [0.29, 0.717) is 0 Å². The molecular weight excluding hydrogens is 296 g/mol. The maximum Gasteiger partial charge on any atom is 0.172 e. The van der Waals surface area contributed by atoms with Crippen LogP contribution in [0.2, 0.25) is 0 Å². The van der Waals surface area contributed by atoms with Crippen LogP contribution in [0, 0.1) is 0 Å². The first-order valence-electron chi connectivity index (χ1n) is 8.45. The first kappa shape index (κ1) is 16.5. The molecule has 3 rings (SSSR count). The number of ether oxygens (including phenoxy) is 1. The van der Waals surface area contributed by atoms with Gasteiger partial charge in [0.1, 0.15) is 14.1 Å². The van der Waals surface area contributed by atoms with Gasteiger partial charge in [-0.25, -0.2) is 4.58 Å². The summed E-state index contributed by atoms with van der Waals surface area (Å²) in [5.41, 5.74) is 5.00. The van der Waals surface area contributed by atoms with E-state index in [2.05, 4.69) is 90.4 Å². The second-order valence-electron chi connectivity index (χ2n) is 6.19. The Labute approximate surface area is 144 Å². The number of nitrogens with zero attached hydrogens (tertiary/aromatic N) is 2. The molecule has 124 valence electrons. The fourth-order valence-electron chi connectivity index (χ4n) is 3.04. The van der Waals surface area contributed by atoms with Gasteiger partial charge in [0.2, 0.25) is 0 Å². The van der Waals surface area contributed by atoms with Crippen LogP contribution in [0.1, 0.15) is 11.1 Å². The molecule has 1 fully saturated rings. The van der Waals surface area contributed by atoms with Crippen LogP contribution in [0.5, 0.6) is 0 Å². The van der Waals surface area contributed by atoms with Crippen LogP contribution in [0.3, 0.4) is 0 Å².